The van der Waals surface area contributed by atoms with Crippen LogP contribution in [-0.2, 0) is 5.75 Å². The van der Waals surface area contributed by atoms with Gasteiger partial charge in [0.25, 0.3) is 0 Å². The molecular weight excluding hydrogens is 204 g/mol. The third-order valence-corrected chi connectivity index (χ3v) is 3.08. The summed E-state index contributed by atoms with van der Waals surface area (Å²) in [6, 6.07) is 14.2. The van der Waals surface area contributed by atoms with Gasteiger partial charge in [-0.1, -0.05) is 18.2 Å². The largest absolute Gasteiger partial charge is 0.384 e. The van der Waals surface area contributed by atoms with Gasteiger partial charge in [0.1, 0.15) is 5.82 Å². The number of hydrogen-bond acceptors (Lipinski definition) is 3. The molecule has 0 bridgehead atoms. The smallest absolute Gasteiger partial charge is 0.123 e. The van der Waals surface area contributed by atoms with E-state index in [0.29, 0.717) is 5.82 Å². The van der Waals surface area contributed by atoms with E-state index in [1.165, 1.54) is 10.5 Å². The van der Waals surface area contributed by atoms with E-state index in [1.807, 2.05) is 30.3 Å². The summed E-state index contributed by atoms with van der Waals surface area (Å²) in [6.07, 6.45) is 1.75. The number of pyridine rings is 1. The summed E-state index contributed by atoms with van der Waals surface area (Å²) in [4.78, 5) is 5.23. The van der Waals surface area contributed by atoms with Crippen LogP contribution >= 0.6 is 11.8 Å². The van der Waals surface area contributed by atoms with Crippen molar-refractivity contribution in [3.05, 3.63) is 54.2 Å². The quantitative estimate of drug-likeness (QED) is 0.802. The summed E-state index contributed by atoms with van der Waals surface area (Å²) < 4.78 is 0. The number of nitrogen functional groups attached to an aromatic ring is 1. The zero-order valence-electron chi connectivity index (χ0n) is 8.26. The number of benzene rings is 1. The lowest BCUT2D eigenvalue weighted by atomic mass is 10.3. The first kappa shape index (κ1) is 10.1. The Hall–Kier alpha value is -1.48. The summed E-state index contributed by atoms with van der Waals surface area (Å²) in [6.45, 7) is 0. The van der Waals surface area contributed by atoms with Crippen LogP contribution in [-0.4, -0.2) is 4.98 Å². The van der Waals surface area contributed by atoms with Crippen LogP contribution in [0.15, 0.2) is 53.6 Å². The SMILES string of the molecule is Nc1cc(CSc2ccccc2)ccn1. The molecule has 2 nitrogen and oxygen atoms in total. The summed E-state index contributed by atoms with van der Waals surface area (Å²) in [5.74, 6) is 1.51. The van der Waals surface area contributed by atoms with Crippen molar-refractivity contribution in [3.63, 3.8) is 0 Å². The van der Waals surface area contributed by atoms with Gasteiger partial charge < -0.3 is 5.73 Å². The molecule has 0 aliphatic heterocycles. The fourth-order valence-corrected chi connectivity index (χ4v) is 2.13. The Morgan fingerprint density at radius 1 is 1.13 bits per heavy atom. The summed E-state index contributed by atoms with van der Waals surface area (Å²) in [5.41, 5.74) is 6.81. The predicted molar refractivity (Wildman–Crippen MR) is 64.7 cm³/mol. The molecule has 2 N–H and O–H groups in total. The first-order valence-corrected chi connectivity index (χ1v) is 5.71. The van der Waals surface area contributed by atoms with Crippen molar-refractivity contribution in [2.75, 3.05) is 5.73 Å². The van der Waals surface area contributed by atoms with Crippen LogP contribution in [0.5, 0.6) is 0 Å². The van der Waals surface area contributed by atoms with Crippen molar-refractivity contribution >= 4 is 17.6 Å². The van der Waals surface area contributed by atoms with E-state index < -0.39 is 0 Å². The molecule has 0 atom stereocenters. The van der Waals surface area contributed by atoms with E-state index in [-0.39, 0.29) is 0 Å². The lowest BCUT2D eigenvalue weighted by Crippen LogP contribution is -1.90. The van der Waals surface area contributed by atoms with Crippen molar-refractivity contribution in [2.24, 2.45) is 0 Å². The monoisotopic (exact) mass is 216 g/mol. The number of rotatable bonds is 3. The van der Waals surface area contributed by atoms with E-state index >= 15 is 0 Å². The Bertz CT molecular complexity index is 429. The molecule has 1 aromatic heterocycles. The first-order valence-electron chi connectivity index (χ1n) is 4.73. The van der Waals surface area contributed by atoms with Crippen LogP contribution in [0.4, 0.5) is 5.82 Å². The lowest BCUT2D eigenvalue weighted by Gasteiger charge is -2.02. The van der Waals surface area contributed by atoms with Gasteiger partial charge in [-0.2, -0.15) is 0 Å². The lowest BCUT2D eigenvalue weighted by molar-refractivity contribution is 1.28. The number of nitrogens with two attached hydrogens (primary N) is 1. The number of hydrogen-bond donors (Lipinski definition) is 1. The minimum atomic E-state index is 0.584. The fraction of sp³-hybridized carbons (Fsp3) is 0.0833. The highest BCUT2D eigenvalue weighted by Gasteiger charge is 1.96. The molecule has 2 aromatic rings. The van der Waals surface area contributed by atoms with Gasteiger partial charge in [0.05, 0.1) is 0 Å². The number of anilines is 1. The second-order valence-corrected chi connectivity index (χ2v) is 4.24. The van der Waals surface area contributed by atoms with Gasteiger partial charge in [-0.3, -0.25) is 0 Å². The third-order valence-electron chi connectivity index (χ3n) is 1.99. The van der Waals surface area contributed by atoms with Crippen molar-refractivity contribution in [1.29, 1.82) is 0 Å². The Balaban J connectivity index is 1.99. The maximum absolute atomic E-state index is 5.61. The van der Waals surface area contributed by atoms with Crippen LogP contribution in [0.25, 0.3) is 0 Å². The number of thioether (sulfide) groups is 1. The molecule has 3 heteroatoms. The van der Waals surface area contributed by atoms with Gasteiger partial charge in [0.2, 0.25) is 0 Å². The molecular formula is C12H12N2S. The van der Waals surface area contributed by atoms with Crippen LogP contribution in [0, 0.1) is 0 Å². The van der Waals surface area contributed by atoms with Gasteiger partial charge in [0.15, 0.2) is 0 Å². The highest BCUT2D eigenvalue weighted by molar-refractivity contribution is 7.98. The Kier molecular flexibility index (Phi) is 3.25. The molecule has 76 valence electrons. The number of aromatic nitrogens is 1. The summed E-state index contributed by atoms with van der Waals surface area (Å²) in [7, 11) is 0. The van der Waals surface area contributed by atoms with Crippen molar-refractivity contribution < 1.29 is 0 Å². The normalized spacial score (nSPS) is 10.1. The van der Waals surface area contributed by atoms with Gasteiger partial charge in [0, 0.05) is 16.8 Å². The van der Waals surface area contributed by atoms with Crippen LogP contribution < -0.4 is 5.73 Å². The first-order chi connectivity index (χ1) is 7.34. The molecule has 0 radical (unpaired) electrons. The molecule has 0 aliphatic carbocycles. The van der Waals surface area contributed by atoms with Gasteiger partial charge >= 0.3 is 0 Å². The fourth-order valence-electron chi connectivity index (χ4n) is 1.27. The Labute approximate surface area is 93.5 Å². The van der Waals surface area contributed by atoms with Crippen LogP contribution in [0.1, 0.15) is 5.56 Å². The number of nitrogens with zero attached hydrogens (tertiary/aromatic N) is 1. The summed E-state index contributed by atoms with van der Waals surface area (Å²) in [5, 5.41) is 0. The van der Waals surface area contributed by atoms with Crippen molar-refractivity contribution in [2.45, 2.75) is 10.6 Å². The van der Waals surface area contributed by atoms with E-state index in [2.05, 4.69) is 17.1 Å². The standard InChI is InChI=1S/C12H12N2S/c13-12-8-10(6-7-14-12)9-15-11-4-2-1-3-5-11/h1-8H,9H2,(H2,13,14). The minimum absolute atomic E-state index is 0.584. The van der Waals surface area contributed by atoms with Gasteiger partial charge in [-0.25, -0.2) is 4.98 Å². The van der Waals surface area contributed by atoms with Gasteiger partial charge in [-0.15, -0.1) is 11.8 Å². The molecule has 0 amide bonds. The van der Waals surface area contributed by atoms with Crippen LogP contribution in [0.3, 0.4) is 0 Å². The van der Waals surface area contributed by atoms with Crippen molar-refractivity contribution in [1.82, 2.24) is 4.98 Å². The van der Waals surface area contributed by atoms with E-state index in [9.17, 15) is 0 Å². The average molecular weight is 216 g/mol. The molecule has 1 aromatic carbocycles. The Morgan fingerprint density at radius 3 is 2.67 bits per heavy atom. The summed E-state index contributed by atoms with van der Waals surface area (Å²) >= 11 is 1.80. The second kappa shape index (κ2) is 4.84. The molecule has 0 unspecified atom stereocenters. The third kappa shape index (κ3) is 2.99. The molecule has 2 rings (SSSR count). The minimum Gasteiger partial charge on any atom is -0.384 e. The molecule has 15 heavy (non-hydrogen) atoms. The van der Waals surface area contributed by atoms with Crippen LogP contribution in [0.2, 0.25) is 0 Å². The molecule has 1 heterocycles. The highest BCUT2D eigenvalue weighted by Crippen LogP contribution is 2.22. The molecule has 0 fully saturated rings. The molecule has 0 spiro atoms. The Morgan fingerprint density at radius 2 is 1.93 bits per heavy atom. The maximum atomic E-state index is 5.61. The maximum Gasteiger partial charge on any atom is 0.123 e. The second-order valence-electron chi connectivity index (χ2n) is 3.19. The van der Waals surface area contributed by atoms with E-state index in [1.54, 1.807) is 18.0 Å². The molecule has 0 saturated carbocycles. The zero-order valence-corrected chi connectivity index (χ0v) is 9.08. The highest BCUT2D eigenvalue weighted by atomic mass is 32.2. The predicted octanol–water partition coefficient (Wildman–Crippen LogP) is 2.96. The van der Waals surface area contributed by atoms with E-state index in [4.69, 9.17) is 5.73 Å². The zero-order chi connectivity index (χ0) is 10.5. The average Bonchev–Trinajstić information content (AvgIpc) is 2.28. The van der Waals surface area contributed by atoms with E-state index in [0.717, 1.165) is 5.75 Å². The molecule has 0 aliphatic rings. The van der Waals surface area contributed by atoms with Gasteiger partial charge in [-0.05, 0) is 29.8 Å². The van der Waals surface area contributed by atoms with Crippen molar-refractivity contribution in [3.8, 4) is 0 Å². The topological polar surface area (TPSA) is 38.9 Å². The molecule has 0 saturated heterocycles.